The van der Waals surface area contributed by atoms with Crippen molar-refractivity contribution in [2.24, 2.45) is 0 Å². The minimum absolute atomic E-state index is 0.0520. The molecule has 0 aliphatic rings. The maximum atomic E-state index is 11.4. The van der Waals surface area contributed by atoms with Crippen LogP contribution in [-0.2, 0) is 9.84 Å². The van der Waals surface area contributed by atoms with Crippen molar-refractivity contribution in [2.45, 2.75) is 32.9 Å². The Balaban J connectivity index is 2.49. The molecule has 16 heavy (non-hydrogen) atoms. The molecular formula is C10H18N2O2S2. The van der Waals surface area contributed by atoms with Gasteiger partial charge in [-0.05, 0) is 13.8 Å². The van der Waals surface area contributed by atoms with Gasteiger partial charge in [-0.2, -0.15) is 0 Å². The molecule has 0 aliphatic heterocycles. The maximum Gasteiger partial charge on any atom is 0.151 e. The zero-order chi connectivity index (χ0) is 12.2. The maximum absolute atomic E-state index is 11.4. The summed E-state index contributed by atoms with van der Waals surface area (Å²) in [4.78, 5) is 4.19. The fourth-order valence-corrected chi connectivity index (χ4v) is 3.24. The van der Waals surface area contributed by atoms with Crippen LogP contribution in [0.25, 0.3) is 0 Å². The molecule has 0 fully saturated rings. The molecule has 0 aromatic carbocycles. The van der Waals surface area contributed by atoms with E-state index < -0.39 is 9.84 Å². The van der Waals surface area contributed by atoms with Crippen molar-refractivity contribution in [3.63, 3.8) is 0 Å². The standard InChI is InChI=1S/C10H18N2O2S2/c1-4-16(13,14)7-8(2)12-9(3)10-11-5-6-15-10/h5-6,8-9,12H,4,7H2,1-3H3. The zero-order valence-electron chi connectivity index (χ0n) is 9.80. The molecule has 92 valence electrons. The Morgan fingerprint density at radius 3 is 2.69 bits per heavy atom. The summed E-state index contributed by atoms with van der Waals surface area (Å²) < 4.78 is 22.8. The predicted octanol–water partition coefficient (Wildman–Crippen LogP) is 1.62. The van der Waals surface area contributed by atoms with Crippen molar-refractivity contribution in [3.8, 4) is 0 Å². The third-order valence-electron chi connectivity index (χ3n) is 2.30. The number of sulfone groups is 1. The minimum atomic E-state index is -2.91. The van der Waals surface area contributed by atoms with Crippen LogP contribution in [0.1, 0.15) is 31.8 Å². The second-order valence-electron chi connectivity index (χ2n) is 3.86. The monoisotopic (exact) mass is 262 g/mol. The summed E-state index contributed by atoms with van der Waals surface area (Å²) >= 11 is 1.57. The first-order valence-electron chi connectivity index (χ1n) is 5.30. The van der Waals surface area contributed by atoms with Crippen LogP contribution in [0, 0.1) is 0 Å². The number of aromatic nitrogens is 1. The van der Waals surface area contributed by atoms with Gasteiger partial charge in [0.05, 0.1) is 11.8 Å². The van der Waals surface area contributed by atoms with Crippen molar-refractivity contribution in [3.05, 3.63) is 16.6 Å². The number of rotatable bonds is 6. The van der Waals surface area contributed by atoms with Crippen LogP contribution in [0.5, 0.6) is 0 Å². The summed E-state index contributed by atoms with van der Waals surface area (Å²) in [7, 11) is -2.91. The Morgan fingerprint density at radius 2 is 2.19 bits per heavy atom. The molecule has 0 aliphatic carbocycles. The molecule has 0 bridgehead atoms. The van der Waals surface area contributed by atoms with Crippen molar-refractivity contribution in [2.75, 3.05) is 11.5 Å². The lowest BCUT2D eigenvalue weighted by Crippen LogP contribution is -2.35. The highest BCUT2D eigenvalue weighted by Crippen LogP contribution is 2.15. The Morgan fingerprint density at radius 1 is 1.50 bits per heavy atom. The molecule has 0 saturated heterocycles. The van der Waals surface area contributed by atoms with E-state index in [2.05, 4.69) is 10.3 Å². The first-order valence-corrected chi connectivity index (χ1v) is 8.00. The topological polar surface area (TPSA) is 59.1 Å². The molecule has 0 saturated carbocycles. The van der Waals surface area contributed by atoms with Crippen LogP contribution in [-0.4, -0.2) is 30.9 Å². The van der Waals surface area contributed by atoms with Crippen molar-refractivity contribution in [1.82, 2.24) is 10.3 Å². The summed E-state index contributed by atoms with van der Waals surface area (Å²) in [5.41, 5.74) is 0. The highest BCUT2D eigenvalue weighted by molar-refractivity contribution is 7.91. The number of nitrogens with one attached hydrogen (secondary N) is 1. The molecule has 1 N–H and O–H groups in total. The van der Waals surface area contributed by atoms with Crippen LogP contribution in [0.3, 0.4) is 0 Å². The fraction of sp³-hybridized carbons (Fsp3) is 0.700. The first kappa shape index (κ1) is 13.6. The second-order valence-corrected chi connectivity index (χ2v) is 7.18. The van der Waals surface area contributed by atoms with Crippen LogP contribution >= 0.6 is 11.3 Å². The van der Waals surface area contributed by atoms with Gasteiger partial charge >= 0.3 is 0 Å². The van der Waals surface area contributed by atoms with Gasteiger partial charge in [-0.15, -0.1) is 11.3 Å². The molecule has 1 aromatic heterocycles. The third kappa shape index (κ3) is 4.19. The molecular weight excluding hydrogens is 244 g/mol. The lowest BCUT2D eigenvalue weighted by molar-refractivity contribution is 0.498. The lowest BCUT2D eigenvalue weighted by Gasteiger charge is -2.18. The smallest absolute Gasteiger partial charge is 0.151 e. The third-order valence-corrected chi connectivity index (χ3v) is 5.15. The van der Waals surface area contributed by atoms with E-state index in [1.165, 1.54) is 0 Å². The van der Waals surface area contributed by atoms with E-state index in [-0.39, 0.29) is 23.6 Å². The van der Waals surface area contributed by atoms with Gasteiger partial charge in [-0.3, -0.25) is 0 Å². The molecule has 6 heteroatoms. The van der Waals surface area contributed by atoms with Crippen molar-refractivity contribution >= 4 is 21.2 Å². The Kier molecular flexibility index (Phi) is 4.89. The van der Waals surface area contributed by atoms with Crippen LogP contribution in [0.4, 0.5) is 0 Å². The van der Waals surface area contributed by atoms with Crippen LogP contribution < -0.4 is 5.32 Å². The Labute approximate surface area is 101 Å². The minimum Gasteiger partial charge on any atom is -0.305 e. The van der Waals surface area contributed by atoms with Crippen LogP contribution in [0.15, 0.2) is 11.6 Å². The van der Waals surface area contributed by atoms with Gasteiger partial charge in [-0.25, -0.2) is 13.4 Å². The Bertz CT molecular complexity index is 400. The Hall–Kier alpha value is -0.460. The first-order chi connectivity index (χ1) is 7.44. The molecule has 1 rings (SSSR count). The quantitative estimate of drug-likeness (QED) is 0.846. The van der Waals surface area contributed by atoms with Gasteiger partial charge in [0.25, 0.3) is 0 Å². The van der Waals surface area contributed by atoms with Crippen molar-refractivity contribution in [1.29, 1.82) is 0 Å². The van der Waals surface area contributed by atoms with E-state index >= 15 is 0 Å². The van der Waals surface area contributed by atoms with E-state index in [9.17, 15) is 8.42 Å². The highest BCUT2D eigenvalue weighted by atomic mass is 32.2. The molecule has 0 amide bonds. The summed E-state index contributed by atoms with van der Waals surface area (Å²) in [5.74, 6) is 0.379. The van der Waals surface area contributed by atoms with Gasteiger partial charge in [0.2, 0.25) is 0 Å². The zero-order valence-corrected chi connectivity index (χ0v) is 11.4. The second kappa shape index (κ2) is 5.75. The van der Waals surface area contributed by atoms with E-state index in [0.29, 0.717) is 0 Å². The average molecular weight is 262 g/mol. The average Bonchev–Trinajstić information content (AvgIpc) is 2.69. The summed E-state index contributed by atoms with van der Waals surface area (Å²) in [6.45, 7) is 5.55. The number of nitrogens with zero attached hydrogens (tertiary/aromatic N) is 1. The summed E-state index contributed by atoms with van der Waals surface area (Å²) in [5, 5.41) is 6.15. The molecule has 1 aromatic rings. The normalized spacial score (nSPS) is 15.9. The van der Waals surface area contributed by atoms with Gasteiger partial charge in [0, 0.05) is 23.4 Å². The van der Waals surface area contributed by atoms with E-state index in [0.717, 1.165) is 5.01 Å². The summed E-state index contributed by atoms with van der Waals surface area (Å²) in [6.07, 6.45) is 1.76. The van der Waals surface area contributed by atoms with E-state index in [1.807, 2.05) is 19.2 Å². The number of hydrogen-bond acceptors (Lipinski definition) is 5. The number of thiazole rings is 1. The van der Waals surface area contributed by atoms with E-state index in [1.54, 1.807) is 24.5 Å². The van der Waals surface area contributed by atoms with Gasteiger partial charge in [0.1, 0.15) is 5.01 Å². The molecule has 2 atom stereocenters. The van der Waals surface area contributed by atoms with Crippen molar-refractivity contribution < 1.29 is 8.42 Å². The van der Waals surface area contributed by atoms with Gasteiger partial charge in [0.15, 0.2) is 9.84 Å². The number of hydrogen-bond donors (Lipinski definition) is 1. The van der Waals surface area contributed by atoms with Gasteiger partial charge in [-0.1, -0.05) is 6.92 Å². The van der Waals surface area contributed by atoms with Gasteiger partial charge < -0.3 is 5.32 Å². The molecule has 4 nitrogen and oxygen atoms in total. The lowest BCUT2D eigenvalue weighted by atomic mass is 10.3. The van der Waals surface area contributed by atoms with Crippen LogP contribution in [0.2, 0.25) is 0 Å². The van der Waals surface area contributed by atoms with E-state index in [4.69, 9.17) is 0 Å². The molecule has 1 heterocycles. The molecule has 0 spiro atoms. The fourth-order valence-electron chi connectivity index (χ4n) is 1.49. The SMILES string of the molecule is CCS(=O)(=O)CC(C)NC(C)c1nccs1. The molecule has 0 radical (unpaired) electrons. The molecule has 2 unspecified atom stereocenters. The largest absolute Gasteiger partial charge is 0.305 e. The summed E-state index contributed by atoms with van der Waals surface area (Å²) in [6, 6.07) is 0.0471. The highest BCUT2D eigenvalue weighted by Gasteiger charge is 2.16. The predicted molar refractivity (Wildman–Crippen MR) is 67.5 cm³/mol.